The molecule has 0 radical (unpaired) electrons. The summed E-state index contributed by atoms with van der Waals surface area (Å²) in [5.74, 6) is -0.715. The Morgan fingerprint density at radius 3 is 2.41 bits per heavy atom. The quantitative estimate of drug-likeness (QED) is 0.308. The van der Waals surface area contributed by atoms with Crippen LogP contribution in [0, 0.1) is 0 Å². The van der Waals surface area contributed by atoms with Crippen LogP contribution in [-0.4, -0.2) is 37.1 Å². The van der Waals surface area contributed by atoms with E-state index in [4.69, 9.17) is 23.2 Å². The molecule has 2 amide bonds. The number of benzene rings is 1. The lowest BCUT2D eigenvalue weighted by atomic mass is 10.1. The van der Waals surface area contributed by atoms with Crippen LogP contribution in [0.3, 0.4) is 0 Å². The van der Waals surface area contributed by atoms with Gasteiger partial charge in [-0.05, 0) is 40.2 Å². The Bertz CT molecular complexity index is 1280. The third-order valence-corrected chi connectivity index (χ3v) is 8.40. The van der Waals surface area contributed by atoms with Gasteiger partial charge in [0.25, 0.3) is 11.8 Å². The van der Waals surface area contributed by atoms with E-state index >= 15 is 0 Å². The zero-order chi connectivity index (χ0) is 25.2. The molecule has 0 spiro atoms. The standard InChI is InChI=1S/C22H21Br2Cl2N5O2S/c1-11(2)34(12(3)4)30-21(32)14-8-13(23)9-15(24)19(14)28-22(33)17-10-18(26)29-31(17)20-16(25)6-5-7-27-20/h5-12H,1-4H3,(H,28,33). The van der Waals surface area contributed by atoms with Gasteiger partial charge in [-0.15, -0.1) is 0 Å². The van der Waals surface area contributed by atoms with Gasteiger partial charge in [0.05, 0.1) is 16.3 Å². The van der Waals surface area contributed by atoms with E-state index in [1.54, 1.807) is 24.3 Å². The topological polar surface area (TPSA) is 89.2 Å². The van der Waals surface area contributed by atoms with Gasteiger partial charge in [-0.2, -0.15) is 9.46 Å². The number of aromatic nitrogens is 3. The molecule has 0 unspecified atom stereocenters. The van der Waals surface area contributed by atoms with Crippen molar-refractivity contribution in [1.82, 2.24) is 14.8 Å². The molecule has 0 fully saturated rings. The number of halogens is 4. The Morgan fingerprint density at radius 2 is 1.79 bits per heavy atom. The van der Waals surface area contributed by atoms with Crippen molar-refractivity contribution in [3.8, 4) is 5.82 Å². The second kappa shape index (κ2) is 11.4. The Morgan fingerprint density at radius 1 is 1.12 bits per heavy atom. The molecular weight excluding hydrogens is 629 g/mol. The van der Waals surface area contributed by atoms with Crippen molar-refractivity contribution in [3.05, 3.63) is 66.9 Å². The second-order valence-electron chi connectivity index (χ2n) is 7.68. The molecule has 2 heterocycles. The summed E-state index contributed by atoms with van der Waals surface area (Å²) >= 11 is 19.2. The van der Waals surface area contributed by atoms with Crippen LogP contribution in [0.1, 0.15) is 48.5 Å². The highest BCUT2D eigenvalue weighted by atomic mass is 79.9. The summed E-state index contributed by atoms with van der Waals surface area (Å²) in [7, 11) is -0.479. The summed E-state index contributed by atoms with van der Waals surface area (Å²) in [6.45, 7) is 8.14. The lowest BCUT2D eigenvalue weighted by Gasteiger charge is -2.17. The summed E-state index contributed by atoms with van der Waals surface area (Å²) in [6.07, 6.45) is 1.53. The lowest BCUT2D eigenvalue weighted by molar-refractivity contribution is 0.101. The van der Waals surface area contributed by atoms with E-state index in [0.717, 1.165) is 0 Å². The molecule has 3 aromatic rings. The highest BCUT2D eigenvalue weighted by Gasteiger charge is 2.23. The molecule has 0 bridgehead atoms. The fourth-order valence-corrected chi connectivity index (χ4v) is 6.66. The van der Waals surface area contributed by atoms with Gasteiger partial charge in [0.1, 0.15) is 5.69 Å². The van der Waals surface area contributed by atoms with Crippen LogP contribution in [0.25, 0.3) is 5.82 Å². The average Bonchev–Trinajstić information content (AvgIpc) is 3.14. The maximum Gasteiger partial charge on any atom is 0.285 e. The van der Waals surface area contributed by atoms with Gasteiger partial charge in [0.2, 0.25) is 0 Å². The summed E-state index contributed by atoms with van der Waals surface area (Å²) in [4.78, 5) is 30.7. The van der Waals surface area contributed by atoms with Gasteiger partial charge < -0.3 is 5.32 Å². The van der Waals surface area contributed by atoms with Crippen LogP contribution in [0.15, 0.2) is 49.8 Å². The summed E-state index contributed by atoms with van der Waals surface area (Å²) < 4.78 is 6.91. The molecule has 0 saturated heterocycles. The Kier molecular flexibility index (Phi) is 9.08. The molecule has 2 aromatic heterocycles. The summed E-state index contributed by atoms with van der Waals surface area (Å²) in [5, 5.41) is 7.75. The molecule has 0 atom stereocenters. The highest BCUT2D eigenvalue weighted by molar-refractivity contribution is 9.11. The average molecular weight is 650 g/mol. The fourth-order valence-electron chi connectivity index (χ4n) is 3.16. The largest absolute Gasteiger partial charge is 0.319 e. The van der Waals surface area contributed by atoms with Crippen molar-refractivity contribution in [1.29, 1.82) is 0 Å². The van der Waals surface area contributed by atoms with Gasteiger partial charge in [-0.1, -0.05) is 77.5 Å². The normalized spacial score (nSPS) is 11.4. The van der Waals surface area contributed by atoms with Crippen molar-refractivity contribution >= 4 is 83.3 Å². The van der Waals surface area contributed by atoms with Crippen molar-refractivity contribution in [3.63, 3.8) is 0 Å². The first-order valence-corrected chi connectivity index (χ1v) is 13.8. The number of hydrogen-bond donors (Lipinski definition) is 1. The zero-order valence-corrected chi connectivity index (χ0v) is 24.1. The van der Waals surface area contributed by atoms with E-state index in [9.17, 15) is 9.59 Å². The van der Waals surface area contributed by atoms with Gasteiger partial charge in [0, 0.05) is 31.7 Å². The first-order valence-electron chi connectivity index (χ1n) is 10.1. The fraction of sp³-hybridized carbons (Fsp3) is 0.273. The van der Waals surface area contributed by atoms with E-state index in [1.165, 1.54) is 16.9 Å². The molecule has 0 saturated carbocycles. The molecule has 34 heavy (non-hydrogen) atoms. The first-order chi connectivity index (χ1) is 16.0. The molecular formula is C22H21Br2Cl2N5O2S. The number of nitrogens with zero attached hydrogens (tertiary/aromatic N) is 4. The van der Waals surface area contributed by atoms with Crippen molar-refractivity contribution in [2.45, 2.75) is 38.2 Å². The molecule has 0 aliphatic heterocycles. The number of carbonyl (C=O) groups is 2. The molecule has 180 valence electrons. The molecule has 3 rings (SSSR count). The minimum atomic E-state index is -0.551. The molecule has 12 heteroatoms. The first kappa shape index (κ1) is 27.0. The van der Waals surface area contributed by atoms with Crippen molar-refractivity contribution < 1.29 is 9.59 Å². The van der Waals surface area contributed by atoms with E-state index < -0.39 is 22.5 Å². The molecule has 1 aromatic carbocycles. The molecule has 7 nitrogen and oxygen atoms in total. The van der Waals surface area contributed by atoms with E-state index in [1.807, 2.05) is 27.7 Å². The summed E-state index contributed by atoms with van der Waals surface area (Å²) in [5.41, 5.74) is 0.635. The lowest BCUT2D eigenvalue weighted by Crippen LogP contribution is -2.20. The van der Waals surface area contributed by atoms with E-state index in [0.29, 0.717) is 14.0 Å². The number of pyridine rings is 1. The maximum absolute atomic E-state index is 13.3. The second-order valence-corrected chi connectivity index (χ2v) is 13.0. The molecule has 0 aliphatic carbocycles. The van der Waals surface area contributed by atoms with Crippen LogP contribution in [-0.2, 0) is 10.7 Å². The number of anilines is 1. The smallest absolute Gasteiger partial charge is 0.285 e. The van der Waals surface area contributed by atoms with Crippen molar-refractivity contribution in [2.24, 2.45) is 4.36 Å². The number of rotatable bonds is 6. The van der Waals surface area contributed by atoms with Gasteiger partial charge >= 0.3 is 0 Å². The van der Waals surface area contributed by atoms with Crippen molar-refractivity contribution in [2.75, 3.05) is 5.32 Å². The molecule has 0 aliphatic rings. The summed E-state index contributed by atoms with van der Waals surface area (Å²) in [6, 6.07) is 8.06. The minimum absolute atomic E-state index is 0.0888. The Labute approximate surface area is 227 Å². The van der Waals surface area contributed by atoms with Gasteiger partial charge in [-0.25, -0.2) is 9.67 Å². The van der Waals surface area contributed by atoms with E-state index in [2.05, 4.69) is 51.6 Å². The van der Waals surface area contributed by atoms with Gasteiger partial charge in [-0.3, -0.25) is 9.59 Å². The van der Waals surface area contributed by atoms with Crippen LogP contribution < -0.4 is 5.32 Å². The van der Waals surface area contributed by atoms with E-state index in [-0.39, 0.29) is 38.4 Å². The number of amides is 2. The monoisotopic (exact) mass is 647 g/mol. The SMILES string of the molecule is CC(C)S(=NC(=O)c1cc(Br)cc(Br)c1NC(=O)c1cc(Cl)nn1-c1ncccc1Cl)C(C)C. The number of hydrogen-bond acceptors (Lipinski definition) is 4. The zero-order valence-electron chi connectivity index (χ0n) is 18.6. The van der Waals surface area contributed by atoms with Crippen LogP contribution in [0.5, 0.6) is 0 Å². The number of carbonyl (C=O) groups excluding carboxylic acids is 2. The van der Waals surface area contributed by atoms with Crippen LogP contribution >= 0.6 is 55.1 Å². The molecule has 1 N–H and O–H groups in total. The predicted molar refractivity (Wildman–Crippen MR) is 146 cm³/mol. The highest BCUT2D eigenvalue weighted by Crippen LogP contribution is 2.33. The third kappa shape index (κ3) is 6.15. The maximum atomic E-state index is 13.3. The predicted octanol–water partition coefficient (Wildman–Crippen LogP) is 7.11. The minimum Gasteiger partial charge on any atom is -0.319 e. The Hall–Kier alpha value is -1.59. The number of nitrogens with one attached hydrogen (secondary N) is 1. The van der Waals surface area contributed by atoms with Crippen LogP contribution in [0.4, 0.5) is 5.69 Å². The third-order valence-electron chi connectivity index (χ3n) is 4.53. The van der Waals surface area contributed by atoms with Crippen LogP contribution in [0.2, 0.25) is 10.2 Å². The Balaban J connectivity index is 2.05. The van der Waals surface area contributed by atoms with Gasteiger partial charge in [0.15, 0.2) is 11.0 Å².